The van der Waals surface area contributed by atoms with Crippen LogP contribution in [0.25, 0.3) is 0 Å². The smallest absolute Gasteiger partial charge is 0.273 e. The average molecular weight is 427 g/mol. The number of nitrogens with zero attached hydrogens (tertiary/aromatic N) is 4. The molecule has 4 rings (SSSR count). The van der Waals surface area contributed by atoms with Gasteiger partial charge in [0, 0.05) is 34.7 Å². The molecule has 1 fully saturated rings. The molecular weight excluding hydrogens is 412 g/mol. The van der Waals surface area contributed by atoms with Crippen LogP contribution in [0.4, 0.5) is 11.4 Å². The lowest BCUT2D eigenvalue weighted by Gasteiger charge is -2.42. The minimum absolute atomic E-state index is 0.0201. The zero-order chi connectivity index (χ0) is 20.5. The maximum atomic E-state index is 12.9. The zero-order valence-electron chi connectivity index (χ0n) is 15.1. The van der Waals surface area contributed by atoms with Crippen LogP contribution in [0.5, 0.6) is 0 Å². The normalized spacial score (nSPS) is 19.0. The van der Waals surface area contributed by atoms with E-state index in [0.717, 1.165) is 5.69 Å². The van der Waals surface area contributed by atoms with E-state index in [1.54, 1.807) is 35.2 Å². The molecule has 2 aliphatic rings. The highest BCUT2D eigenvalue weighted by Gasteiger charge is 2.40. The number of carbonyl (C=O) groups excluding carboxylic acids is 1. The highest BCUT2D eigenvalue weighted by atomic mass is 35.5. The van der Waals surface area contributed by atoms with E-state index in [2.05, 4.69) is 6.07 Å². The van der Waals surface area contributed by atoms with Gasteiger partial charge in [-0.15, -0.1) is 0 Å². The largest absolute Gasteiger partial charge is 0.344 e. The first kappa shape index (κ1) is 19.3. The van der Waals surface area contributed by atoms with E-state index in [1.807, 2.05) is 17.0 Å². The number of hydrogen-bond donors (Lipinski definition) is 0. The summed E-state index contributed by atoms with van der Waals surface area (Å²) in [6.07, 6.45) is 0.0201. The Morgan fingerprint density at radius 2 is 1.93 bits per heavy atom. The molecule has 29 heavy (non-hydrogen) atoms. The van der Waals surface area contributed by atoms with Gasteiger partial charge in [-0.25, -0.2) is 0 Å². The predicted octanol–water partition coefficient (Wildman–Crippen LogP) is 4.47. The summed E-state index contributed by atoms with van der Waals surface area (Å²) in [7, 11) is 0. The number of halogens is 1. The molecule has 0 N–H and O–H groups in total. The Morgan fingerprint density at radius 1 is 1.21 bits per heavy atom. The first-order chi connectivity index (χ1) is 14.0. The van der Waals surface area contributed by atoms with Crippen LogP contribution in [-0.2, 0) is 4.79 Å². The second kappa shape index (κ2) is 7.78. The lowest BCUT2D eigenvalue weighted by molar-refractivity contribution is -0.385. The monoisotopic (exact) mass is 426 g/mol. The Hall–Kier alpha value is -3.02. The second-order valence-corrected chi connectivity index (χ2v) is 8.03. The van der Waals surface area contributed by atoms with E-state index in [-0.39, 0.29) is 18.0 Å². The second-order valence-electron chi connectivity index (χ2n) is 6.66. The summed E-state index contributed by atoms with van der Waals surface area (Å²) in [5.41, 5.74) is 1.65. The Morgan fingerprint density at radius 3 is 2.62 bits per heavy atom. The van der Waals surface area contributed by atoms with Crippen LogP contribution in [0.3, 0.4) is 0 Å². The molecule has 2 aromatic carbocycles. The van der Waals surface area contributed by atoms with Gasteiger partial charge in [0.2, 0.25) is 5.91 Å². The van der Waals surface area contributed by atoms with Crippen LogP contribution in [0.15, 0.2) is 59.1 Å². The van der Waals surface area contributed by atoms with Gasteiger partial charge in [0.15, 0.2) is 0 Å². The summed E-state index contributed by atoms with van der Waals surface area (Å²) in [4.78, 5) is 27.5. The lowest BCUT2D eigenvalue weighted by Crippen LogP contribution is -2.47. The van der Waals surface area contributed by atoms with Gasteiger partial charge >= 0.3 is 0 Å². The number of benzene rings is 2. The van der Waals surface area contributed by atoms with Crippen LogP contribution in [0, 0.1) is 21.4 Å². The Bertz CT molecular complexity index is 1060. The molecule has 9 heteroatoms. The minimum Gasteiger partial charge on any atom is -0.344 e. The summed E-state index contributed by atoms with van der Waals surface area (Å²) < 4.78 is 0. The lowest BCUT2D eigenvalue weighted by atomic mass is 9.85. The molecule has 7 nitrogen and oxygen atoms in total. The van der Waals surface area contributed by atoms with Crippen LogP contribution < -0.4 is 4.90 Å². The predicted molar refractivity (Wildman–Crippen MR) is 111 cm³/mol. The van der Waals surface area contributed by atoms with Crippen molar-refractivity contribution in [2.45, 2.75) is 12.3 Å². The Kier molecular flexibility index (Phi) is 5.18. The summed E-state index contributed by atoms with van der Waals surface area (Å²) in [6.45, 7) is 0.317. The number of nitro benzene ring substituents is 1. The average Bonchev–Trinajstić information content (AvgIpc) is 2.74. The molecular formula is C20H15ClN4O3S. The molecule has 1 amide bonds. The van der Waals surface area contributed by atoms with Crippen molar-refractivity contribution in [2.24, 2.45) is 0 Å². The van der Waals surface area contributed by atoms with Gasteiger partial charge in [0.05, 0.1) is 34.1 Å². The number of thioether (sulfide) groups is 1. The van der Waals surface area contributed by atoms with E-state index in [9.17, 15) is 20.2 Å². The molecule has 1 saturated heterocycles. The number of rotatable bonds is 3. The van der Waals surface area contributed by atoms with Gasteiger partial charge in [0.1, 0.15) is 0 Å². The third-order valence-electron chi connectivity index (χ3n) is 4.99. The molecule has 0 aromatic heterocycles. The summed E-state index contributed by atoms with van der Waals surface area (Å²) in [5, 5.41) is 22.5. The quantitative estimate of drug-likeness (QED) is 0.531. The highest BCUT2D eigenvalue weighted by Crippen LogP contribution is 2.45. The molecule has 1 unspecified atom stereocenters. The number of hydrogen-bond acceptors (Lipinski definition) is 6. The third-order valence-corrected chi connectivity index (χ3v) is 6.40. The van der Waals surface area contributed by atoms with Crippen molar-refractivity contribution in [3.05, 3.63) is 79.8 Å². The molecule has 2 aliphatic heterocycles. The first-order valence-corrected chi connectivity index (χ1v) is 10.2. The summed E-state index contributed by atoms with van der Waals surface area (Å²) in [5.74, 6) is -0.224. The zero-order valence-corrected chi connectivity index (χ0v) is 16.7. The van der Waals surface area contributed by atoms with Gasteiger partial charge in [-0.3, -0.25) is 19.8 Å². The maximum absolute atomic E-state index is 12.9. The molecule has 0 bridgehead atoms. The fourth-order valence-electron chi connectivity index (χ4n) is 3.59. The molecule has 0 spiro atoms. The van der Waals surface area contributed by atoms with Gasteiger partial charge in [-0.05, 0) is 24.3 Å². The fourth-order valence-corrected chi connectivity index (χ4v) is 4.89. The summed E-state index contributed by atoms with van der Waals surface area (Å²) >= 11 is 7.34. The van der Waals surface area contributed by atoms with E-state index in [0.29, 0.717) is 33.7 Å². The number of allylic oxidation sites excluding steroid dienone is 1. The van der Waals surface area contributed by atoms with Gasteiger partial charge in [-0.2, -0.15) is 5.26 Å². The standard InChI is InChI=1S/C20H15ClN4O3S/c21-13-5-7-14(8-6-13)23-11-24-19(26)9-16(17(10-22)20(24)29-12-23)15-3-1-2-4-18(15)25(27)28/h1-8,16H,9,11-12H2. The van der Waals surface area contributed by atoms with Crippen LogP contribution in [0.1, 0.15) is 17.9 Å². The Balaban J connectivity index is 1.70. The minimum atomic E-state index is -0.616. The van der Waals surface area contributed by atoms with E-state index >= 15 is 0 Å². The molecule has 0 saturated carbocycles. The maximum Gasteiger partial charge on any atom is 0.273 e. The van der Waals surface area contributed by atoms with Gasteiger partial charge < -0.3 is 4.90 Å². The molecule has 2 heterocycles. The van der Waals surface area contributed by atoms with Gasteiger partial charge in [0.25, 0.3) is 5.69 Å². The molecule has 0 radical (unpaired) electrons. The van der Waals surface area contributed by atoms with Crippen LogP contribution in [-0.4, -0.2) is 28.3 Å². The molecule has 2 aromatic rings. The number of fused-ring (bicyclic) bond motifs is 1. The van der Waals surface area contributed by atoms with Crippen molar-refractivity contribution >= 4 is 40.6 Å². The molecule has 0 aliphatic carbocycles. The van der Waals surface area contributed by atoms with Crippen LogP contribution in [0.2, 0.25) is 5.02 Å². The van der Waals surface area contributed by atoms with Crippen molar-refractivity contribution in [3.63, 3.8) is 0 Å². The van der Waals surface area contributed by atoms with Crippen molar-refractivity contribution in [1.82, 2.24) is 4.90 Å². The van der Waals surface area contributed by atoms with Crippen LogP contribution >= 0.6 is 23.4 Å². The van der Waals surface area contributed by atoms with Gasteiger partial charge in [-0.1, -0.05) is 41.6 Å². The number of para-hydroxylation sites is 1. The number of carbonyl (C=O) groups is 1. The van der Waals surface area contributed by atoms with E-state index < -0.39 is 10.8 Å². The van der Waals surface area contributed by atoms with E-state index in [4.69, 9.17) is 11.6 Å². The topological polar surface area (TPSA) is 90.5 Å². The first-order valence-electron chi connectivity index (χ1n) is 8.81. The van der Waals surface area contributed by atoms with Crippen molar-refractivity contribution in [2.75, 3.05) is 17.4 Å². The van der Waals surface area contributed by atoms with Crippen molar-refractivity contribution in [1.29, 1.82) is 5.26 Å². The summed E-state index contributed by atoms with van der Waals surface area (Å²) in [6, 6.07) is 15.8. The number of nitriles is 1. The van der Waals surface area contributed by atoms with Crippen molar-refractivity contribution < 1.29 is 9.72 Å². The fraction of sp³-hybridized carbons (Fsp3) is 0.200. The SMILES string of the molecule is N#CC1=C2SCN(c3ccc(Cl)cc3)CN2C(=O)CC1c1ccccc1[N+](=O)[O-]. The highest BCUT2D eigenvalue weighted by molar-refractivity contribution is 8.03. The number of anilines is 1. The molecule has 146 valence electrons. The third kappa shape index (κ3) is 3.55. The van der Waals surface area contributed by atoms with E-state index in [1.165, 1.54) is 17.8 Å². The molecule has 1 atom stereocenters. The van der Waals surface area contributed by atoms with Crippen molar-refractivity contribution in [3.8, 4) is 6.07 Å². The Labute approximate surface area is 176 Å². The number of nitro groups is 1. The number of amides is 1.